The largest absolute Gasteiger partial charge is 0.481 e. The predicted molar refractivity (Wildman–Crippen MR) is 105 cm³/mol. The molecule has 4 rings (SSSR count). The zero-order valence-electron chi connectivity index (χ0n) is 15.9. The van der Waals surface area contributed by atoms with E-state index in [9.17, 15) is 4.79 Å². The molecule has 2 aliphatic rings. The van der Waals surface area contributed by atoms with Crippen molar-refractivity contribution in [3.63, 3.8) is 0 Å². The third-order valence-corrected chi connectivity index (χ3v) is 5.77. The van der Waals surface area contributed by atoms with Gasteiger partial charge < -0.3 is 9.64 Å². The predicted octanol–water partition coefficient (Wildman–Crippen LogP) is 2.85. The molecule has 1 atom stereocenters. The minimum Gasteiger partial charge on any atom is -0.481 e. The Morgan fingerprint density at radius 3 is 2.93 bits per heavy atom. The van der Waals surface area contributed by atoms with Crippen LogP contribution in [0.15, 0.2) is 42.6 Å². The van der Waals surface area contributed by atoms with Gasteiger partial charge in [0.25, 0.3) is 0 Å². The summed E-state index contributed by atoms with van der Waals surface area (Å²) in [6.07, 6.45) is 4.73. The zero-order valence-corrected chi connectivity index (χ0v) is 15.9. The van der Waals surface area contributed by atoms with Crippen LogP contribution >= 0.6 is 0 Å². The van der Waals surface area contributed by atoms with Crippen LogP contribution in [0.25, 0.3) is 0 Å². The van der Waals surface area contributed by atoms with Crippen molar-refractivity contribution in [1.29, 1.82) is 0 Å². The fourth-order valence-electron chi connectivity index (χ4n) is 4.35. The van der Waals surface area contributed by atoms with Crippen molar-refractivity contribution in [1.82, 2.24) is 14.8 Å². The van der Waals surface area contributed by atoms with E-state index in [4.69, 9.17) is 4.74 Å². The number of hydrogen-bond donors (Lipinski definition) is 0. The summed E-state index contributed by atoms with van der Waals surface area (Å²) in [5.41, 5.74) is 3.68. The Morgan fingerprint density at radius 2 is 2.04 bits per heavy atom. The molecule has 1 fully saturated rings. The Balaban J connectivity index is 1.39. The standard InChI is InChI=1S/C22H27N3O2/c1-27-21-18(7-4-11-23-21)16-24-12-5-13-25(15-14-24)22(26)20-10-9-17-6-2-3-8-19(17)20/h2-4,6-8,11,20H,5,9-10,12-16H2,1H3. The molecular weight excluding hydrogens is 338 g/mol. The van der Waals surface area contributed by atoms with Gasteiger partial charge in [-0.05, 0) is 36.5 Å². The first kappa shape index (κ1) is 18.0. The van der Waals surface area contributed by atoms with Gasteiger partial charge in [0.1, 0.15) is 0 Å². The molecule has 142 valence electrons. The molecule has 5 nitrogen and oxygen atoms in total. The summed E-state index contributed by atoms with van der Waals surface area (Å²) in [5, 5.41) is 0. The normalized spacial score (nSPS) is 20.2. The molecule has 0 bridgehead atoms. The fraction of sp³-hybridized carbons (Fsp3) is 0.455. The van der Waals surface area contributed by atoms with Gasteiger partial charge in [0.2, 0.25) is 11.8 Å². The van der Waals surface area contributed by atoms with E-state index in [1.54, 1.807) is 13.3 Å². The van der Waals surface area contributed by atoms with Crippen molar-refractivity contribution in [3.8, 4) is 5.88 Å². The first-order chi connectivity index (χ1) is 13.3. The van der Waals surface area contributed by atoms with Gasteiger partial charge in [-0.25, -0.2) is 4.98 Å². The average Bonchev–Trinajstić information content (AvgIpc) is 3.00. The highest BCUT2D eigenvalue weighted by molar-refractivity contribution is 5.85. The number of rotatable bonds is 4. The van der Waals surface area contributed by atoms with Gasteiger partial charge in [-0.2, -0.15) is 0 Å². The maximum atomic E-state index is 13.2. The third kappa shape index (κ3) is 3.83. The molecule has 1 aromatic carbocycles. The van der Waals surface area contributed by atoms with Gasteiger partial charge in [0.15, 0.2) is 0 Å². The summed E-state index contributed by atoms with van der Waals surface area (Å²) >= 11 is 0. The quantitative estimate of drug-likeness (QED) is 0.836. The molecule has 0 radical (unpaired) electrons. The van der Waals surface area contributed by atoms with Crippen LogP contribution in [0.5, 0.6) is 5.88 Å². The number of pyridine rings is 1. The summed E-state index contributed by atoms with van der Waals surface area (Å²) in [6, 6.07) is 12.4. The number of benzene rings is 1. The van der Waals surface area contributed by atoms with Crippen LogP contribution in [0.2, 0.25) is 0 Å². The second kappa shape index (κ2) is 8.09. The molecule has 5 heteroatoms. The molecule has 0 spiro atoms. The number of nitrogens with zero attached hydrogens (tertiary/aromatic N) is 3. The lowest BCUT2D eigenvalue weighted by molar-refractivity contribution is -0.132. The lowest BCUT2D eigenvalue weighted by atomic mass is 10.00. The van der Waals surface area contributed by atoms with Gasteiger partial charge in [-0.1, -0.05) is 30.3 Å². The number of methoxy groups -OCH3 is 1. The fourth-order valence-corrected chi connectivity index (χ4v) is 4.35. The van der Waals surface area contributed by atoms with E-state index in [0.29, 0.717) is 11.8 Å². The third-order valence-electron chi connectivity index (χ3n) is 5.77. The number of fused-ring (bicyclic) bond motifs is 1. The van der Waals surface area contributed by atoms with Gasteiger partial charge in [0, 0.05) is 44.5 Å². The van der Waals surface area contributed by atoms with Gasteiger partial charge >= 0.3 is 0 Å². The molecule has 1 saturated heterocycles. The number of carbonyl (C=O) groups excluding carboxylic acids is 1. The molecule has 0 N–H and O–H groups in total. The first-order valence-electron chi connectivity index (χ1n) is 9.83. The van der Waals surface area contributed by atoms with Gasteiger partial charge in [0.05, 0.1) is 13.0 Å². The number of carbonyl (C=O) groups is 1. The Bertz CT molecular complexity index is 808. The minimum absolute atomic E-state index is 0.0474. The second-order valence-electron chi connectivity index (χ2n) is 7.42. The van der Waals surface area contributed by atoms with E-state index in [1.807, 2.05) is 6.07 Å². The highest BCUT2D eigenvalue weighted by Crippen LogP contribution is 2.34. The van der Waals surface area contributed by atoms with Crippen molar-refractivity contribution in [2.45, 2.75) is 31.7 Å². The SMILES string of the molecule is COc1ncccc1CN1CCCN(C(=O)C2CCc3ccccc32)CC1. The minimum atomic E-state index is 0.0474. The van der Waals surface area contributed by atoms with Crippen molar-refractivity contribution in [2.75, 3.05) is 33.3 Å². The topological polar surface area (TPSA) is 45.7 Å². The highest BCUT2D eigenvalue weighted by atomic mass is 16.5. The number of amides is 1. The van der Waals surface area contributed by atoms with E-state index in [2.05, 4.69) is 45.1 Å². The van der Waals surface area contributed by atoms with Crippen molar-refractivity contribution < 1.29 is 9.53 Å². The number of ether oxygens (including phenoxy) is 1. The Morgan fingerprint density at radius 1 is 1.15 bits per heavy atom. The van der Waals surface area contributed by atoms with Crippen molar-refractivity contribution >= 4 is 5.91 Å². The van der Waals surface area contributed by atoms with Crippen LogP contribution in [0.1, 0.15) is 35.4 Å². The Kier molecular flexibility index (Phi) is 5.39. The van der Waals surface area contributed by atoms with Gasteiger partial charge in [-0.3, -0.25) is 9.69 Å². The van der Waals surface area contributed by atoms with Crippen LogP contribution < -0.4 is 4.74 Å². The maximum Gasteiger partial charge on any atom is 0.230 e. The molecule has 1 aliphatic carbocycles. The first-order valence-corrected chi connectivity index (χ1v) is 9.83. The monoisotopic (exact) mass is 365 g/mol. The van der Waals surface area contributed by atoms with Crippen LogP contribution in [0.4, 0.5) is 0 Å². The van der Waals surface area contributed by atoms with Gasteiger partial charge in [-0.15, -0.1) is 0 Å². The van der Waals surface area contributed by atoms with E-state index in [-0.39, 0.29) is 5.92 Å². The van der Waals surface area contributed by atoms with E-state index in [0.717, 1.165) is 57.5 Å². The van der Waals surface area contributed by atoms with Crippen LogP contribution in [-0.4, -0.2) is 54.0 Å². The number of hydrogen-bond acceptors (Lipinski definition) is 4. The molecular formula is C22H27N3O2. The number of aromatic nitrogens is 1. The van der Waals surface area contributed by atoms with Crippen molar-refractivity contribution in [3.05, 3.63) is 59.3 Å². The summed E-state index contributed by atoms with van der Waals surface area (Å²) in [6.45, 7) is 4.32. The molecule has 1 aromatic heterocycles. The lowest BCUT2D eigenvalue weighted by Crippen LogP contribution is -2.37. The maximum absolute atomic E-state index is 13.2. The molecule has 1 amide bonds. The van der Waals surface area contributed by atoms with E-state index < -0.39 is 0 Å². The van der Waals surface area contributed by atoms with E-state index in [1.165, 1.54) is 11.1 Å². The average molecular weight is 365 g/mol. The van der Waals surface area contributed by atoms with Crippen LogP contribution in [0.3, 0.4) is 0 Å². The summed E-state index contributed by atoms with van der Waals surface area (Å²) in [5.74, 6) is 1.05. The summed E-state index contributed by atoms with van der Waals surface area (Å²) in [7, 11) is 1.66. The van der Waals surface area contributed by atoms with Crippen LogP contribution in [0, 0.1) is 0 Å². The molecule has 2 aromatic rings. The van der Waals surface area contributed by atoms with Crippen LogP contribution in [-0.2, 0) is 17.8 Å². The second-order valence-corrected chi connectivity index (χ2v) is 7.42. The summed E-state index contributed by atoms with van der Waals surface area (Å²) in [4.78, 5) is 21.9. The summed E-state index contributed by atoms with van der Waals surface area (Å²) < 4.78 is 5.38. The Hall–Kier alpha value is -2.40. The smallest absolute Gasteiger partial charge is 0.230 e. The zero-order chi connectivity index (χ0) is 18.6. The molecule has 1 aliphatic heterocycles. The van der Waals surface area contributed by atoms with Crippen molar-refractivity contribution in [2.24, 2.45) is 0 Å². The molecule has 27 heavy (non-hydrogen) atoms. The molecule has 0 saturated carbocycles. The van der Waals surface area contributed by atoms with E-state index >= 15 is 0 Å². The highest BCUT2D eigenvalue weighted by Gasteiger charge is 2.32. The Labute approximate surface area is 161 Å². The molecule has 2 heterocycles. The molecule has 1 unspecified atom stereocenters. The lowest BCUT2D eigenvalue weighted by Gasteiger charge is -2.25. The number of aryl methyl sites for hydroxylation is 1.